The third kappa shape index (κ3) is 7.15. The topological polar surface area (TPSA) is 76.1 Å². The third-order valence-corrected chi connectivity index (χ3v) is 5.82. The van der Waals surface area contributed by atoms with E-state index < -0.39 is 11.6 Å². The summed E-state index contributed by atoms with van der Waals surface area (Å²) in [7, 11) is 0. The Morgan fingerprint density at radius 2 is 1.84 bits per heavy atom. The third-order valence-electron chi connectivity index (χ3n) is 4.64. The Kier molecular flexibility index (Phi) is 7.58. The van der Waals surface area contributed by atoms with Crippen LogP contribution in [0, 0.1) is 5.92 Å². The second kappa shape index (κ2) is 9.24. The summed E-state index contributed by atoms with van der Waals surface area (Å²) in [6.07, 6.45) is 5.44. The minimum atomic E-state index is -0.682. The van der Waals surface area contributed by atoms with Gasteiger partial charge in [0.15, 0.2) is 0 Å². The van der Waals surface area contributed by atoms with E-state index in [2.05, 4.69) is 4.31 Å². The van der Waals surface area contributed by atoms with Crippen molar-refractivity contribution in [3.05, 3.63) is 0 Å². The van der Waals surface area contributed by atoms with Crippen molar-refractivity contribution in [2.75, 3.05) is 18.9 Å². The molecule has 0 aromatic rings. The number of rotatable bonds is 7. The summed E-state index contributed by atoms with van der Waals surface area (Å²) in [5, 5.41) is 9.05. The Bertz CT molecular complexity index is 457. The number of hydrogen-bond acceptors (Lipinski definition) is 6. The molecule has 1 aliphatic heterocycles. The molecule has 2 fully saturated rings. The zero-order chi connectivity index (χ0) is 18.4. The SMILES string of the molecule is CC(C)(C)OC(=O)CSN1CCC[C@H]1CO[C@H]1CC[C@H](C(=O)O)CC1. The maximum absolute atomic E-state index is 11.9. The van der Waals surface area contributed by atoms with E-state index in [-0.39, 0.29) is 18.0 Å². The van der Waals surface area contributed by atoms with Gasteiger partial charge in [-0.05, 0) is 59.3 Å². The van der Waals surface area contributed by atoms with Gasteiger partial charge in [-0.15, -0.1) is 0 Å². The Hall–Kier alpha value is -0.790. The van der Waals surface area contributed by atoms with Crippen LogP contribution >= 0.6 is 11.9 Å². The van der Waals surface area contributed by atoms with E-state index in [0.717, 1.165) is 32.2 Å². The summed E-state index contributed by atoms with van der Waals surface area (Å²) in [6, 6.07) is 0.324. The monoisotopic (exact) mass is 373 g/mol. The Morgan fingerprint density at radius 3 is 2.44 bits per heavy atom. The lowest BCUT2D eigenvalue weighted by Crippen LogP contribution is -2.33. The molecule has 1 saturated carbocycles. The van der Waals surface area contributed by atoms with Crippen LogP contribution in [0.4, 0.5) is 0 Å². The molecule has 0 unspecified atom stereocenters. The number of hydrogen-bond donors (Lipinski definition) is 1. The highest BCUT2D eigenvalue weighted by molar-refractivity contribution is 7.97. The molecule has 7 heteroatoms. The fourth-order valence-corrected chi connectivity index (χ4v) is 4.34. The molecule has 6 nitrogen and oxygen atoms in total. The van der Waals surface area contributed by atoms with Crippen LogP contribution < -0.4 is 0 Å². The van der Waals surface area contributed by atoms with Crippen molar-refractivity contribution >= 4 is 23.9 Å². The Balaban J connectivity index is 1.68. The summed E-state index contributed by atoms with van der Waals surface area (Å²) in [5.74, 6) is -0.737. The lowest BCUT2D eigenvalue weighted by atomic mass is 9.87. The number of nitrogens with zero attached hydrogens (tertiary/aromatic N) is 1. The first-order valence-corrected chi connectivity index (χ1v) is 10.1. The second-order valence-corrected chi connectivity index (χ2v) is 8.96. The Labute approximate surface area is 154 Å². The van der Waals surface area contributed by atoms with Crippen LogP contribution in [0.15, 0.2) is 0 Å². The van der Waals surface area contributed by atoms with E-state index >= 15 is 0 Å². The minimum Gasteiger partial charge on any atom is -0.481 e. The molecular weight excluding hydrogens is 342 g/mol. The molecule has 0 radical (unpaired) electrons. The summed E-state index contributed by atoms with van der Waals surface area (Å²) < 4.78 is 13.6. The molecule has 1 aliphatic carbocycles. The van der Waals surface area contributed by atoms with Crippen molar-refractivity contribution < 1.29 is 24.2 Å². The van der Waals surface area contributed by atoms with Gasteiger partial charge in [-0.2, -0.15) is 0 Å². The molecule has 144 valence electrons. The largest absolute Gasteiger partial charge is 0.481 e. The van der Waals surface area contributed by atoms with Gasteiger partial charge in [0.25, 0.3) is 0 Å². The number of carboxylic acid groups (broad SMARTS) is 1. The van der Waals surface area contributed by atoms with Crippen molar-refractivity contribution in [1.82, 2.24) is 4.31 Å². The fourth-order valence-electron chi connectivity index (χ4n) is 3.38. The zero-order valence-electron chi connectivity index (χ0n) is 15.5. The molecule has 0 amide bonds. The average Bonchev–Trinajstić information content (AvgIpc) is 2.97. The van der Waals surface area contributed by atoms with Crippen molar-refractivity contribution in [2.24, 2.45) is 5.92 Å². The molecule has 0 spiro atoms. The lowest BCUT2D eigenvalue weighted by Gasteiger charge is -2.29. The lowest BCUT2D eigenvalue weighted by molar-refractivity contribution is -0.151. The molecule has 2 aliphatic rings. The summed E-state index contributed by atoms with van der Waals surface area (Å²) in [4.78, 5) is 22.9. The van der Waals surface area contributed by atoms with Gasteiger partial charge in [0.1, 0.15) is 11.4 Å². The summed E-state index contributed by atoms with van der Waals surface area (Å²) in [6.45, 7) is 7.25. The first kappa shape index (κ1) is 20.5. The van der Waals surface area contributed by atoms with E-state index in [9.17, 15) is 9.59 Å². The van der Waals surface area contributed by atoms with Gasteiger partial charge in [-0.1, -0.05) is 11.9 Å². The van der Waals surface area contributed by atoms with Gasteiger partial charge in [0.2, 0.25) is 0 Å². The number of ether oxygens (including phenoxy) is 2. The highest BCUT2D eigenvalue weighted by atomic mass is 32.2. The van der Waals surface area contributed by atoms with Crippen LogP contribution in [0.5, 0.6) is 0 Å². The maximum Gasteiger partial charge on any atom is 0.317 e. The standard InChI is InChI=1S/C18H31NO5S/c1-18(2,3)24-16(20)12-25-19-10-4-5-14(19)11-23-15-8-6-13(7-9-15)17(21)22/h13-15H,4-12H2,1-3H3,(H,21,22)/t13-,14-,15-/m0/s1. The van der Waals surface area contributed by atoms with Crippen LogP contribution in [-0.2, 0) is 19.1 Å². The van der Waals surface area contributed by atoms with Gasteiger partial charge in [-0.25, -0.2) is 4.31 Å². The molecule has 0 aromatic heterocycles. The molecule has 0 aromatic carbocycles. The average molecular weight is 374 g/mol. The van der Waals surface area contributed by atoms with E-state index in [1.807, 2.05) is 20.8 Å². The molecule has 1 saturated heterocycles. The Morgan fingerprint density at radius 1 is 1.16 bits per heavy atom. The second-order valence-electron chi connectivity index (χ2n) is 7.94. The van der Waals surface area contributed by atoms with E-state index in [0.29, 0.717) is 31.2 Å². The predicted octanol–water partition coefficient (Wildman–Crippen LogP) is 3.10. The highest BCUT2D eigenvalue weighted by Gasteiger charge is 2.30. The highest BCUT2D eigenvalue weighted by Crippen LogP contribution is 2.29. The summed E-state index contributed by atoms with van der Waals surface area (Å²) >= 11 is 1.53. The van der Waals surface area contributed by atoms with Crippen molar-refractivity contribution in [1.29, 1.82) is 0 Å². The molecule has 1 N–H and O–H groups in total. The van der Waals surface area contributed by atoms with Gasteiger partial charge < -0.3 is 14.6 Å². The number of carbonyl (C=O) groups is 2. The van der Waals surface area contributed by atoms with Crippen molar-refractivity contribution in [3.8, 4) is 0 Å². The van der Waals surface area contributed by atoms with Gasteiger partial charge in [-0.3, -0.25) is 9.59 Å². The number of carbonyl (C=O) groups excluding carboxylic acids is 1. The van der Waals surface area contributed by atoms with E-state index in [1.54, 1.807) is 0 Å². The number of esters is 1. The first-order chi connectivity index (χ1) is 11.7. The number of aliphatic carboxylic acids is 1. The minimum absolute atomic E-state index is 0.175. The summed E-state index contributed by atoms with van der Waals surface area (Å²) in [5.41, 5.74) is -0.444. The molecular formula is C18H31NO5S. The quantitative estimate of drug-likeness (QED) is 0.543. The normalized spacial score (nSPS) is 28.0. The van der Waals surface area contributed by atoms with Crippen molar-refractivity contribution in [3.63, 3.8) is 0 Å². The fraction of sp³-hybridized carbons (Fsp3) is 0.889. The number of carboxylic acids is 1. The smallest absolute Gasteiger partial charge is 0.317 e. The van der Waals surface area contributed by atoms with Crippen LogP contribution in [0.3, 0.4) is 0 Å². The molecule has 0 bridgehead atoms. The van der Waals surface area contributed by atoms with Crippen molar-refractivity contribution in [2.45, 2.75) is 77.0 Å². The molecule has 2 rings (SSSR count). The van der Waals surface area contributed by atoms with Crippen LogP contribution in [-0.4, -0.2) is 58.0 Å². The van der Waals surface area contributed by atoms with Crippen LogP contribution in [0.25, 0.3) is 0 Å². The predicted molar refractivity (Wildman–Crippen MR) is 97.4 cm³/mol. The van der Waals surface area contributed by atoms with Crippen LogP contribution in [0.1, 0.15) is 59.3 Å². The molecule has 1 heterocycles. The van der Waals surface area contributed by atoms with Gasteiger partial charge in [0.05, 0.1) is 18.6 Å². The van der Waals surface area contributed by atoms with Gasteiger partial charge in [0, 0.05) is 12.6 Å². The van der Waals surface area contributed by atoms with E-state index in [1.165, 1.54) is 11.9 Å². The molecule has 25 heavy (non-hydrogen) atoms. The van der Waals surface area contributed by atoms with Crippen LogP contribution in [0.2, 0.25) is 0 Å². The zero-order valence-corrected chi connectivity index (χ0v) is 16.3. The molecule has 1 atom stereocenters. The maximum atomic E-state index is 11.9. The van der Waals surface area contributed by atoms with Gasteiger partial charge >= 0.3 is 11.9 Å². The van der Waals surface area contributed by atoms with E-state index in [4.69, 9.17) is 14.6 Å². The first-order valence-electron chi connectivity index (χ1n) is 9.20.